The smallest absolute Gasteiger partial charge is 0.267 e. The Morgan fingerprint density at radius 3 is 2.88 bits per heavy atom. The number of hydrogen-bond donors (Lipinski definition) is 0. The van der Waals surface area contributed by atoms with Crippen LogP contribution in [0.2, 0.25) is 0 Å². The van der Waals surface area contributed by atoms with Gasteiger partial charge in [0.05, 0.1) is 22.0 Å². The number of aromatic nitrogens is 2. The standard InChI is InChI=1S/C18H18BrN3OS/c1-4-11(2)17-21-15-6-5-13(19)9-14(15)18(23)22(17)20-10-16-12(3)7-8-24-16/h5-11H,4H2,1-3H3/t11-/m1/s1. The van der Waals surface area contributed by atoms with Gasteiger partial charge >= 0.3 is 0 Å². The molecule has 1 atom stereocenters. The van der Waals surface area contributed by atoms with Gasteiger partial charge < -0.3 is 0 Å². The van der Waals surface area contributed by atoms with E-state index in [9.17, 15) is 4.79 Å². The first kappa shape index (κ1) is 17.0. The minimum Gasteiger partial charge on any atom is -0.267 e. The molecule has 0 bridgehead atoms. The number of rotatable bonds is 4. The summed E-state index contributed by atoms with van der Waals surface area (Å²) in [6.07, 6.45) is 2.64. The van der Waals surface area contributed by atoms with Crippen LogP contribution < -0.4 is 5.56 Å². The molecule has 0 fully saturated rings. The van der Waals surface area contributed by atoms with E-state index in [1.54, 1.807) is 23.6 Å². The zero-order chi connectivity index (χ0) is 17.3. The highest BCUT2D eigenvalue weighted by Gasteiger charge is 2.15. The summed E-state index contributed by atoms with van der Waals surface area (Å²) in [7, 11) is 0. The fourth-order valence-corrected chi connectivity index (χ4v) is 3.55. The first-order valence-corrected chi connectivity index (χ1v) is 9.49. The Morgan fingerprint density at radius 1 is 1.42 bits per heavy atom. The van der Waals surface area contributed by atoms with Crippen molar-refractivity contribution in [3.63, 3.8) is 0 Å². The molecule has 24 heavy (non-hydrogen) atoms. The first-order valence-electron chi connectivity index (χ1n) is 7.82. The molecule has 2 heterocycles. The summed E-state index contributed by atoms with van der Waals surface area (Å²) in [5.41, 5.74) is 1.72. The predicted octanol–water partition coefficient (Wildman–Crippen LogP) is 4.92. The lowest BCUT2D eigenvalue weighted by Gasteiger charge is -2.13. The van der Waals surface area contributed by atoms with Crippen molar-refractivity contribution >= 4 is 44.4 Å². The van der Waals surface area contributed by atoms with E-state index in [-0.39, 0.29) is 11.5 Å². The van der Waals surface area contributed by atoms with Crippen LogP contribution in [-0.2, 0) is 0 Å². The molecule has 0 unspecified atom stereocenters. The molecule has 0 aliphatic carbocycles. The second-order valence-electron chi connectivity index (χ2n) is 5.77. The van der Waals surface area contributed by atoms with Crippen LogP contribution in [-0.4, -0.2) is 15.9 Å². The van der Waals surface area contributed by atoms with Gasteiger partial charge in [-0.25, -0.2) is 4.98 Å². The minimum absolute atomic E-state index is 0.137. The van der Waals surface area contributed by atoms with E-state index in [1.807, 2.05) is 30.5 Å². The molecule has 124 valence electrons. The monoisotopic (exact) mass is 403 g/mol. The van der Waals surface area contributed by atoms with Gasteiger partial charge in [0.1, 0.15) is 5.82 Å². The maximum Gasteiger partial charge on any atom is 0.282 e. The van der Waals surface area contributed by atoms with Crippen molar-refractivity contribution in [2.45, 2.75) is 33.1 Å². The molecule has 0 radical (unpaired) electrons. The van der Waals surface area contributed by atoms with Crippen molar-refractivity contribution in [3.8, 4) is 0 Å². The van der Waals surface area contributed by atoms with Crippen LogP contribution in [0.15, 0.2) is 44.0 Å². The van der Waals surface area contributed by atoms with Gasteiger partial charge in [0.25, 0.3) is 5.56 Å². The zero-order valence-corrected chi connectivity index (χ0v) is 16.2. The van der Waals surface area contributed by atoms with Crippen molar-refractivity contribution in [1.82, 2.24) is 9.66 Å². The van der Waals surface area contributed by atoms with Crippen LogP contribution >= 0.6 is 27.3 Å². The van der Waals surface area contributed by atoms with Gasteiger partial charge in [-0.05, 0) is 48.6 Å². The Bertz CT molecular complexity index is 974. The minimum atomic E-state index is -0.137. The fraction of sp³-hybridized carbons (Fsp3) is 0.278. The molecule has 0 saturated heterocycles. The van der Waals surface area contributed by atoms with Gasteiger partial charge in [0.15, 0.2) is 0 Å². The van der Waals surface area contributed by atoms with E-state index in [0.29, 0.717) is 16.7 Å². The van der Waals surface area contributed by atoms with Gasteiger partial charge in [-0.3, -0.25) is 4.79 Å². The Labute approximate surface area is 153 Å². The molecule has 1 aromatic carbocycles. The maximum atomic E-state index is 13.0. The normalized spacial score (nSPS) is 13.0. The highest BCUT2D eigenvalue weighted by atomic mass is 79.9. The average molecular weight is 404 g/mol. The van der Waals surface area contributed by atoms with E-state index >= 15 is 0 Å². The van der Waals surface area contributed by atoms with Crippen molar-refractivity contribution in [1.29, 1.82) is 0 Å². The number of thiophene rings is 1. The SMILES string of the molecule is CC[C@@H](C)c1nc2ccc(Br)cc2c(=O)n1N=Cc1sccc1C. The van der Waals surface area contributed by atoms with E-state index in [1.165, 1.54) is 4.68 Å². The molecule has 0 spiro atoms. The highest BCUT2D eigenvalue weighted by Crippen LogP contribution is 2.21. The van der Waals surface area contributed by atoms with Crippen LogP contribution in [0.3, 0.4) is 0 Å². The van der Waals surface area contributed by atoms with Gasteiger partial charge in [-0.15, -0.1) is 11.3 Å². The Hall–Kier alpha value is -1.79. The summed E-state index contributed by atoms with van der Waals surface area (Å²) in [5, 5.41) is 7.05. The molecule has 0 N–H and O–H groups in total. The number of fused-ring (bicyclic) bond motifs is 1. The van der Waals surface area contributed by atoms with Crippen LogP contribution in [0.5, 0.6) is 0 Å². The van der Waals surface area contributed by atoms with Crippen LogP contribution in [0.1, 0.15) is 42.5 Å². The van der Waals surface area contributed by atoms with E-state index in [0.717, 1.165) is 21.3 Å². The Kier molecular flexibility index (Phi) is 4.96. The summed E-state index contributed by atoms with van der Waals surface area (Å²) >= 11 is 5.03. The summed E-state index contributed by atoms with van der Waals surface area (Å²) in [5.74, 6) is 0.843. The van der Waals surface area contributed by atoms with E-state index < -0.39 is 0 Å². The third-order valence-corrected chi connectivity index (χ3v) is 5.53. The second-order valence-corrected chi connectivity index (χ2v) is 7.63. The van der Waals surface area contributed by atoms with Gasteiger partial charge in [0, 0.05) is 10.4 Å². The lowest BCUT2D eigenvalue weighted by Crippen LogP contribution is -2.23. The van der Waals surface area contributed by atoms with E-state index in [2.05, 4.69) is 34.9 Å². The van der Waals surface area contributed by atoms with Crippen LogP contribution in [0.25, 0.3) is 10.9 Å². The lowest BCUT2D eigenvalue weighted by molar-refractivity contribution is 0.613. The van der Waals surface area contributed by atoms with Crippen molar-refractivity contribution < 1.29 is 0 Å². The second kappa shape index (κ2) is 6.99. The fourth-order valence-electron chi connectivity index (χ4n) is 2.41. The predicted molar refractivity (Wildman–Crippen MR) is 104 cm³/mol. The molecule has 6 heteroatoms. The molecule has 0 saturated carbocycles. The molecule has 0 aliphatic heterocycles. The van der Waals surface area contributed by atoms with Gasteiger partial charge in [0.2, 0.25) is 0 Å². The third kappa shape index (κ3) is 3.21. The largest absolute Gasteiger partial charge is 0.282 e. The molecular formula is C18H18BrN3OS. The molecule has 3 rings (SSSR count). The van der Waals surface area contributed by atoms with Crippen LogP contribution in [0.4, 0.5) is 0 Å². The molecule has 2 aromatic heterocycles. The molecule has 4 nitrogen and oxygen atoms in total. The molecule has 3 aromatic rings. The molecular weight excluding hydrogens is 386 g/mol. The average Bonchev–Trinajstić information content (AvgIpc) is 2.98. The zero-order valence-electron chi connectivity index (χ0n) is 13.8. The quantitative estimate of drug-likeness (QED) is 0.580. The number of nitrogens with zero attached hydrogens (tertiary/aromatic N) is 3. The molecule has 0 aliphatic rings. The summed E-state index contributed by atoms with van der Waals surface area (Å²) in [6.45, 7) is 6.18. The summed E-state index contributed by atoms with van der Waals surface area (Å²) < 4.78 is 2.30. The number of benzene rings is 1. The van der Waals surface area contributed by atoms with Crippen molar-refractivity contribution in [2.75, 3.05) is 0 Å². The highest BCUT2D eigenvalue weighted by molar-refractivity contribution is 9.10. The Balaban J connectivity index is 2.23. The number of aryl methyl sites for hydroxylation is 1. The maximum absolute atomic E-state index is 13.0. The number of hydrogen-bond acceptors (Lipinski definition) is 4. The lowest BCUT2D eigenvalue weighted by atomic mass is 10.1. The Morgan fingerprint density at radius 2 is 2.21 bits per heavy atom. The third-order valence-electron chi connectivity index (χ3n) is 4.08. The van der Waals surface area contributed by atoms with Crippen molar-refractivity contribution in [2.24, 2.45) is 5.10 Å². The van der Waals surface area contributed by atoms with Gasteiger partial charge in [-0.2, -0.15) is 9.78 Å². The summed E-state index contributed by atoms with van der Waals surface area (Å²) in [6, 6.07) is 7.61. The van der Waals surface area contributed by atoms with Crippen molar-refractivity contribution in [3.05, 3.63) is 60.7 Å². The molecule has 0 amide bonds. The number of halogens is 1. The van der Waals surface area contributed by atoms with Gasteiger partial charge in [-0.1, -0.05) is 29.8 Å². The topological polar surface area (TPSA) is 47.2 Å². The first-order chi connectivity index (χ1) is 11.5. The van der Waals surface area contributed by atoms with E-state index in [4.69, 9.17) is 4.98 Å². The van der Waals surface area contributed by atoms with Crippen LogP contribution in [0, 0.1) is 6.92 Å². The summed E-state index contributed by atoms with van der Waals surface area (Å²) in [4.78, 5) is 18.7.